The summed E-state index contributed by atoms with van der Waals surface area (Å²) >= 11 is 5.92. The van der Waals surface area contributed by atoms with E-state index in [2.05, 4.69) is 5.32 Å². The lowest BCUT2D eigenvalue weighted by atomic mass is 9.93. The van der Waals surface area contributed by atoms with Crippen LogP contribution in [0.2, 0.25) is 5.02 Å². The van der Waals surface area contributed by atoms with Crippen molar-refractivity contribution in [1.82, 2.24) is 9.62 Å². The number of hydrogen-bond acceptors (Lipinski definition) is 4. The number of methoxy groups -OCH3 is 1. The van der Waals surface area contributed by atoms with Crippen LogP contribution in [-0.2, 0) is 21.3 Å². The molecular weight excluding hydrogens is 467 g/mol. The van der Waals surface area contributed by atoms with Gasteiger partial charge in [-0.15, -0.1) is 0 Å². The van der Waals surface area contributed by atoms with E-state index in [4.69, 9.17) is 16.3 Å². The fourth-order valence-corrected chi connectivity index (χ4v) is 5.84. The van der Waals surface area contributed by atoms with E-state index in [9.17, 15) is 17.6 Å². The molecule has 3 atom stereocenters. The van der Waals surface area contributed by atoms with Gasteiger partial charge in [-0.2, -0.15) is 4.31 Å². The number of carbonyl (C=O) groups excluding carboxylic acids is 1. The second-order valence-corrected chi connectivity index (χ2v) is 10.7. The number of nitrogens with one attached hydrogen (secondary N) is 1. The largest absolute Gasteiger partial charge is 0.383 e. The summed E-state index contributed by atoms with van der Waals surface area (Å²) in [5.41, 5.74) is 1.13. The summed E-state index contributed by atoms with van der Waals surface area (Å²) in [6, 6.07) is 11.7. The quantitative estimate of drug-likeness (QED) is 0.551. The first-order valence-corrected chi connectivity index (χ1v) is 12.8. The Morgan fingerprint density at radius 2 is 1.79 bits per heavy atom. The highest BCUT2D eigenvalue weighted by atomic mass is 35.5. The van der Waals surface area contributed by atoms with Gasteiger partial charge < -0.3 is 10.1 Å². The first-order chi connectivity index (χ1) is 15.7. The van der Waals surface area contributed by atoms with Crippen LogP contribution < -0.4 is 5.32 Å². The van der Waals surface area contributed by atoms with Crippen LogP contribution >= 0.6 is 11.6 Å². The molecule has 2 aromatic carbocycles. The van der Waals surface area contributed by atoms with E-state index in [-0.39, 0.29) is 23.4 Å². The maximum atomic E-state index is 14.9. The normalized spacial score (nSPS) is 19.9. The van der Waals surface area contributed by atoms with Crippen LogP contribution in [0.4, 0.5) is 4.39 Å². The molecule has 1 saturated carbocycles. The zero-order valence-corrected chi connectivity index (χ0v) is 20.4. The summed E-state index contributed by atoms with van der Waals surface area (Å²) in [6.07, 6.45) is 1.10. The Labute approximate surface area is 200 Å². The number of ether oxygens (including phenoxy) is 1. The van der Waals surface area contributed by atoms with Gasteiger partial charge in [-0.05, 0) is 61.7 Å². The summed E-state index contributed by atoms with van der Waals surface area (Å²) in [5, 5.41) is 3.26. The lowest BCUT2D eigenvalue weighted by molar-refractivity contribution is 0.0905. The number of benzene rings is 2. The van der Waals surface area contributed by atoms with Crippen LogP contribution in [0.1, 0.15) is 48.5 Å². The van der Waals surface area contributed by atoms with Crippen LogP contribution in [-0.4, -0.2) is 50.6 Å². The molecular formula is C24H30ClFN2O4S. The summed E-state index contributed by atoms with van der Waals surface area (Å²) in [6.45, 7) is 2.25. The van der Waals surface area contributed by atoms with Crippen LogP contribution in [0.15, 0.2) is 53.4 Å². The van der Waals surface area contributed by atoms with Crippen LogP contribution in [0.5, 0.6) is 0 Å². The molecule has 1 amide bonds. The molecule has 6 nitrogen and oxygen atoms in total. The molecule has 0 spiro atoms. The fourth-order valence-electron chi connectivity index (χ4n) is 4.05. The number of rotatable bonds is 9. The molecule has 1 fully saturated rings. The summed E-state index contributed by atoms with van der Waals surface area (Å²) < 4.78 is 48.1. The predicted octanol–water partition coefficient (Wildman–Crippen LogP) is 4.58. The maximum Gasteiger partial charge on any atom is 0.251 e. The molecule has 0 aromatic heterocycles. The van der Waals surface area contributed by atoms with Gasteiger partial charge in [-0.25, -0.2) is 12.8 Å². The van der Waals surface area contributed by atoms with E-state index in [1.165, 1.54) is 28.6 Å². The third-order valence-electron chi connectivity index (χ3n) is 5.79. The minimum absolute atomic E-state index is 0.0119. The first-order valence-electron chi connectivity index (χ1n) is 11.0. The number of nitrogens with zero attached hydrogens (tertiary/aromatic N) is 1. The van der Waals surface area contributed by atoms with E-state index in [1.807, 2.05) is 6.92 Å². The van der Waals surface area contributed by atoms with Gasteiger partial charge in [0.05, 0.1) is 17.5 Å². The number of sulfonamides is 1. The van der Waals surface area contributed by atoms with Crippen molar-refractivity contribution in [2.45, 2.75) is 62.3 Å². The first kappa shape index (κ1) is 25.6. The SMILES string of the molecule is COC[C@@H](C)NC(=O)c1ccc(CN(C2CCCCC2F)S(=O)(=O)c2ccc(Cl)cc2)cc1. The minimum atomic E-state index is -3.96. The van der Waals surface area contributed by atoms with Gasteiger partial charge in [-0.3, -0.25) is 4.79 Å². The molecule has 1 N–H and O–H groups in total. The van der Waals surface area contributed by atoms with Crippen molar-refractivity contribution in [3.63, 3.8) is 0 Å². The van der Waals surface area contributed by atoms with Gasteiger partial charge in [0.1, 0.15) is 6.17 Å². The monoisotopic (exact) mass is 496 g/mol. The van der Waals surface area contributed by atoms with Crippen molar-refractivity contribution in [3.05, 3.63) is 64.7 Å². The van der Waals surface area contributed by atoms with Crippen molar-refractivity contribution >= 4 is 27.5 Å². The Hall–Kier alpha value is -2.00. The summed E-state index contributed by atoms with van der Waals surface area (Å²) in [7, 11) is -2.39. The molecule has 9 heteroatoms. The van der Waals surface area contributed by atoms with E-state index < -0.39 is 22.2 Å². The molecule has 0 radical (unpaired) electrons. The molecule has 1 aliphatic carbocycles. The standard InChI is InChI=1S/C24H30ClFN2O4S/c1-17(16-32-2)27-24(29)19-9-7-18(8-10-19)15-28(23-6-4-3-5-22(23)26)33(30,31)21-13-11-20(25)12-14-21/h7-14,17,22-23H,3-6,15-16H2,1-2H3,(H,27,29)/t17-,22?,23?/m1/s1. The average molecular weight is 497 g/mol. The molecule has 0 heterocycles. The van der Waals surface area contributed by atoms with Gasteiger partial charge in [0.25, 0.3) is 5.91 Å². The Bertz CT molecular complexity index is 1030. The summed E-state index contributed by atoms with van der Waals surface area (Å²) in [4.78, 5) is 12.5. The van der Waals surface area contributed by atoms with Crippen molar-refractivity contribution in [3.8, 4) is 0 Å². The maximum absolute atomic E-state index is 14.9. The van der Waals surface area contributed by atoms with Crippen molar-refractivity contribution in [2.24, 2.45) is 0 Å². The van der Waals surface area contributed by atoms with E-state index in [0.29, 0.717) is 35.6 Å². The number of halogens is 2. The topological polar surface area (TPSA) is 75.7 Å². The number of hydrogen-bond donors (Lipinski definition) is 1. The zero-order valence-electron chi connectivity index (χ0n) is 18.8. The Morgan fingerprint density at radius 1 is 1.15 bits per heavy atom. The highest BCUT2D eigenvalue weighted by Gasteiger charge is 2.38. The third-order valence-corrected chi connectivity index (χ3v) is 7.92. The molecule has 2 unspecified atom stereocenters. The second-order valence-electron chi connectivity index (χ2n) is 8.40. The van der Waals surface area contributed by atoms with Crippen LogP contribution in [0, 0.1) is 0 Å². The zero-order chi connectivity index (χ0) is 24.0. The molecule has 2 aromatic rings. The van der Waals surface area contributed by atoms with Crippen LogP contribution in [0.25, 0.3) is 0 Å². The number of amides is 1. The Morgan fingerprint density at radius 3 is 2.39 bits per heavy atom. The smallest absolute Gasteiger partial charge is 0.251 e. The van der Waals surface area contributed by atoms with Crippen molar-refractivity contribution < 1.29 is 22.3 Å². The molecule has 0 saturated heterocycles. The predicted molar refractivity (Wildman–Crippen MR) is 127 cm³/mol. The summed E-state index contributed by atoms with van der Waals surface area (Å²) in [5.74, 6) is -0.243. The molecule has 0 bridgehead atoms. The van der Waals surface area contributed by atoms with Crippen molar-refractivity contribution in [2.75, 3.05) is 13.7 Å². The lowest BCUT2D eigenvalue weighted by Gasteiger charge is -2.35. The van der Waals surface area contributed by atoms with Gasteiger partial charge in [0.15, 0.2) is 0 Å². The molecule has 3 rings (SSSR count). The number of carbonyl (C=O) groups is 1. The highest BCUT2D eigenvalue weighted by molar-refractivity contribution is 7.89. The molecule has 180 valence electrons. The van der Waals surface area contributed by atoms with Gasteiger partial charge in [0, 0.05) is 30.3 Å². The van der Waals surface area contributed by atoms with E-state index in [0.717, 1.165) is 12.8 Å². The van der Waals surface area contributed by atoms with E-state index in [1.54, 1.807) is 31.4 Å². The Kier molecular flexibility index (Phi) is 8.87. The lowest BCUT2D eigenvalue weighted by Crippen LogP contribution is -2.46. The Balaban J connectivity index is 1.84. The molecule has 0 aliphatic heterocycles. The minimum Gasteiger partial charge on any atom is -0.383 e. The van der Waals surface area contributed by atoms with Crippen LogP contribution in [0.3, 0.4) is 0 Å². The van der Waals surface area contributed by atoms with E-state index >= 15 is 0 Å². The number of alkyl halides is 1. The fraction of sp³-hybridized carbons (Fsp3) is 0.458. The second kappa shape index (κ2) is 11.4. The average Bonchev–Trinajstić information content (AvgIpc) is 2.79. The van der Waals surface area contributed by atoms with Gasteiger partial charge >= 0.3 is 0 Å². The molecule has 1 aliphatic rings. The van der Waals surface area contributed by atoms with Gasteiger partial charge in [-0.1, -0.05) is 36.6 Å². The third kappa shape index (κ3) is 6.53. The van der Waals surface area contributed by atoms with Crippen molar-refractivity contribution in [1.29, 1.82) is 0 Å². The van der Waals surface area contributed by atoms with Gasteiger partial charge in [0.2, 0.25) is 10.0 Å². The molecule has 33 heavy (non-hydrogen) atoms. The highest BCUT2D eigenvalue weighted by Crippen LogP contribution is 2.32.